The molecule has 0 spiro atoms. The number of aromatic nitrogens is 3. The maximum absolute atomic E-state index is 13.9. The maximum atomic E-state index is 13.9. The Labute approximate surface area is 240 Å². The molecule has 1 amide bonds. The minimum Gasteiger partial charge on any atom is -0.489 e. The van der Waals surface area contributed by atoms with Crippen LogP contribution in [-0.4, -0.2) is 26.4 Å². The predicted molar refractivity (Wildman–Crippen MR) is 162 cm³/mol. The van der Waals surface area contributed by atoms with Crippen molar-refractivity contribution in [2.75, 3.05) is 16.4 Å². The minimum atomic E-state index is -0.480. The van der Waals surface area contributed by atoms with Gasteiger partial charge in [-0.1, -0.05) is 67.2 Å². The highest BCUT2D eigenvalue weighted by atomic mass is 32.2. The lowest BCUT2D eigenvalue weighted by Crippen LogP contribution is -2.31. The van der Waals surface area contributed by atoms with Crippen molar-refractivity contribution < 1.29 is 9.53 Å². The van der Waals surface area contributed by atoms with Crippen LogP contribution in [0.1, 0.15) is 54.1 Å². The quantitative estimate of drug-likeness (QED) is 0.213. The van der Waals surface area contributed by atoms with Crippen molar-refractivity contribution in [3.05, 3.63) is 106 Å². The fraction of sp³-hybridized carbons (Fsp3) is 0.281. The molecule has 8 heteroatoms. The SMILES string of the molecule is CCCSc1nc2n(n1)C(c1cccc(OCc3ccccc3C)c1)C(C(=O)Nc1cccc(C)c1C)=C(C)N2. The minimum absolute atomic E-state index is 0.182. The van der Waals surface area contributed by atoms with Crippen LogP contribution in [0.15, 0.2) is 83.2 Å². The van der Waals surface area contributed by atoms with E-state index in [0.29, 0.717) is 23.3 Å². The first-order chi connectivity index (χ1) is 19.4. The van der Waals surface area contributed by atoms with Gasteiger partial charge >= 0.3 is 0 Å². The van der Waals surface area contributed by atoms with E-state index in [0.717, 1.165) is 51.6 Å². The summed E-state index contributed by atoms with van der Waals surface area (Å²) >= 11 is 1.61. The van der Waals surface area contributed by atoms with Gasteiger partial charge in [0, 0.05) is 17.1 Å². The molecule has 0 fully saturated rings. The number of benzene rings is 3. The number of carbonyl (C=O) groups excluding carboxylic acids is 1. The van der Waals surface area contributed by atoms with Crippen LogP contribution in [0, 0.1) is 20.8 Å². The third-order valence-corrected chi connectivity index (χ3v) is 8.24. The molecule has 2 N–H and O–H groups in total. The smallest absolute Gasteiger partial charge is 0.255 e. The molecule has 7 nitrogen and oxygen atoms in total. The average molecular weight is 554 g/mol. The standard InChI is InChI=1S/C32H35N5O2S/c1-6-17-40-32-35-31-33-23(5)28(30(38)34-27-16-9-12-20(2)22(27)4)29(37(31)36-32)24-14-10-15-26(18-24)39-19-25-13-8-7-11-21(25)3/h7-16,18,29H,6,17,19H2,1-5H3,(H,34,38)(H,33,35,36). The molecule has 1 aromatic heterocycles. The van der Waals surface area contributed by atoms with Crippen molar-refractivity contribution in [3.63, 3.8) is 0 Å². The number of fused-ring (bicyclic) bond motifs is 1. The van der Waals surface area contributed by atoms with E-state index < -0.39 is 6.04 Å². The summed E-state index contributed by atoms with van der Waals surface area (Å²) in [6, 6.07) is 21.6. The number of nitrogens with zero attached hydrogens (tertiary/aromatic N) is 3. The lowest BCUT2D eigenvalue weighted by molar-refractivity contribution is -0.113. The van der Waals surface area contributed by atoms with Crippen LogP contribution in [0.3, 0.4) is 0 Å². The molecule has 1 aliphatic rings. The third-order valence-electron chi connectivity index (χ3n) is 7.20. The van der Waals surface area contributed by atoms with E-state index in [2.05, 4.69) is 36.6 Å². The number of nitrogens with one attached hydrogen (secondary N) is 2. The topological polar surface area (TPSA) is 81.1 Å². The average Bonchev–Trinajstić information content (AvgIpc) is 3.35. The van der Waals surface area contributed by atoms with E-state index in [9.17, 15) is 4.79 Å². The Bertz CT molecular complexity index is 1580. The summed E-state index contributed by atoms with van der Waals surface area (Å²) in [6.45, 7) is 10.7. The van der Waals surface area contributed by atoms with Gasteiger partial charge in [0.25, 0.3) is 5.91 Å². The van der Waals surface area contributed by atoms with E-state index in [1.54, 1.807) is 11.8 Å². The van der Waals surface area contributed by atoms with Crippen molar-refractivity contribution in [3.8, 4) is 5.75 Å². The van der Waals surface area contributed by atoms with Gasteiger partial charge < -0.3 is 15.4 Å². The van der Waals surface area contributed by atoms with Gasteiger partial charge in [-0.3, -0.25) is 4.79 Å². The van der Waals surface area contributed by atoms with Gasteiger partial charge in [0.05, 0.1) is 5.57 Å². The van der Waals surface area contributed by atoms with Gasteiger partial charge in [-0.2, -0.15) is 4.98 Å². The number of ether oxygens (including phenoxy) is 1. The Morgan fingerprint density at radius 3 is 2.60 bits per heavy atom. The van der Waals surface area contributed by atoms with Crippen LogP contribution in [0.4, 0.5) is 11.6 Å². The summed E-state index contributed by atoms with van der Waals surface area (Å²) in [7, 11) is 0. The second-order valence-electron chi connectivity index (χ2n) is 10.1. The molecule has 0 aliphatic carbocycles. The molecule has 1 aliphatic heterocycles. The van der Waals surface area contributed by atoms with Gasteiger partial charge in [-0.15, -0.1) is 5.10 Å². The molecule has 1 unspecified atom stereocenters. The summed E-state index contributed by atoms with van der Waals surface area (Å²) in [4.78, 5) is 18.7. The Morgan fingerprint density at radius 2 is 1.80 bits per heavy atom. The van der Waals surface area contributed by atoms with Crippen molar-refractivity contribution in [1.29, 1.82) is 0 Å². The molecule has 0 saturated heterocycles. The molecule has 206 valence electrons. The van der Waals surface area contributed by atoms with Crippen molar-refractivity contribution in [1.82, 2.24) is 14.8 Å². The largest absolute Gasteiger partial charge is 0.489 e. The van der Waals surface area contributed by atoms with Crippen molar-refractivity contribution >= 4 is 29.3 Å². The second-order valence-corrected chi connectivity index (χ2v) is 11.1. The van der Waals surface area contributed by atoms with Crippen LogP contribution < -0.4 is 15.4 Å². The number of aryl methyl sites for hydroxylation is 2. The summed E-state index contributed by atoms with van der Waals surface area (Å²) in [6.07, 6.45) is 1.02. The molecule has 1 atom stereocenters. The highest BCUT2D eigenvalue weighted by molar-refractivity contribution is 7.99. The molecule has 0 bridgehead atoms. The molecule has 5 rings (SSSR count). The zero-order chi connectivity index (χ0) is 28.2. The Morgan fingerprint density at radius 1 is 1.02 bits per heavy atom. The highest BCUT2D eigenvalue weighted by Gasteiger charge is 2.34. The van der Waals surface area contributed by atoms with Crippen LogP contribution in [0.5, 0.6) is 5.75 Å². The van der Waals surface area contributed by atoms with E-state index in [-0.39, 0.29) is 5.91 Å². The number of thioether (sulfide) groups is 1. The van der Waals surface area contributed by atoms with Gasteiger partial charge in [0.2, 0.25) is 11.1 Å². The molecule has 4 aromatic rings. The Hall–Kier alpha value is -4.04. The molecule has 2 heterocycles. The third kappa shape index (κ3) is 5.77. The van der Waals surface area contributed by atoms with E-state index in [1.807, 2.05) is 80.1 Å². The van der Waals surface area contributed by atoms with Gasteiger partial charge in [-0.05, 0) is 80.1 Å². The van der Waals surface area contributed by atoms with E-state index in [4.69, 9.17) is 14.8 Å². The fourth-order valence-electron chi connectivity index (χ4n) is 4.77. The lowest BCUT2D eigenvalue weighted by Gasteiger charge is -2.29. The van der Waals surface area contributed by atoms with Gasteiger partial charge in [0.1, 0.15) is 18.4 Å². The monoisotopic (exact) mass is 553 g/mol. The number of anilines is 2. The summed E-state index contributed by atoms with van der Waals surface area (Å²) in [5.41, 5.74) is 7.50. The highest BCUT2D eigenvalue weighted by Crippen LogP contribution is 2.38. The number of carbonyl (C=O) groups is 1. The molecule has 0 radical (unpaired) electrons. The molecule has 3 aromatic carbocycles. The number of hydrogen-bond acceptors (Lipinski definition) is 6. The summed E-state index contributed by atoms with van der Waals surface area (Å²) < 4.78 is 8.04. The zero-order valence-electron chi connectivity index (χ0n) is 23.6. The maximum Gasteiger partial charge on any atom is 0.255 e. The molecular formula is C32H35N5O2S. The second kappa shape index (κ2) is 12.0. The summed E-state index contributed by atoms with van der Waals surface area (Å²) in [5, 5.41) is 12.0. The molecule has 0 saturated carbocycles. The number of allylic oxidation sites excluding steroid dienone is 1. The first-order valence-electron chi connectivity index (χ1n) is 13.6. The fourth-order valence-corrected chi connectivity index (χ4v) is 5.46. The zero-order valence-corrected chi connectivity index (χ0v) is 24.4. The van der Waals surface area contributed by atoms with Crippen LogP contribution in [-0.2, 0) is 11.4 Å². The Kier molecular flexibility index (Phi) is 8.26. The van der Waals surface area contributed by atoms with Crippen molar-refractivity contribution in [2.24, 2.45) is 0 Å². The predicted octanol–water partition coefficient (Wildman–Crippen LogP) is 7.21. The van der Waals surface area contributed by atoms with Crippen LogP contribution in [0.25, 0.3) is 0 Å². The van der Waals surface area contributed by atoms with Crippen LogP contribution >= 0.6 is 11.8 Å². The lowest BCUT2D eigenvalue weighted by atomic mass is 9.94. The molecular weight excluding hydrogens is 518 g/mol. The van der Waals surface area contributed by atoms with Gasteiger partial charge in [-0.25, -0.2) is 4.68 Å². The number of hydrogen-bond donors (Lipinski definition) is 2. The first kappa shape index (κ1) is 27.5. The number of rotatable bonds is 9. The normalized spacial score (nSPS) is 14.5. The van der Waals surface area contributed by atoms with Crippen molar-refractivity contribution in [2.45, 2.75) is 58.8 Å². The van der Waals surface area contributed by atoms with Gasteiger partial charge in [0.15, 0.2) is 0 Å². The summed E-state index contributed by atoms with van der Waals surface area (Å²) in [5.74, 6) is 2.09. The first-order valence-corrected chi connectivity index (χ1v) is 14.6. The van der Waals surface area contributed by atoms with Crippen LogP contribution in [0.2, 0.25) is 0 Å². The molecule has 40 heavy (non-hydrogen) atoms. The van der Waals surface area contributed by atoms with E-state index in [1.165, 1.54) is 5.56 Å². The number of amides is 1. The van der Waals surface area contributed by atoms with E-state index >= 15 is 0 Å². The Balaban J connectivity index is 1.51.